The lowest BCUT2D eigenvalue weighted by molar-refractivity contribution is 0.803. The van der Waals surface area contributed by atoms with E-state index in [1.54, 1.807) is 0 Å². The predicted molar refractivity (Wildman–Crippen MR) is 61.2 cm³/mol. The van der Waals surface area contributed by atoms with E-state index in [1.165, 1.54) is 11.4 Å². The smallest absolute Gasteiger partial charge is 0.140 e. The van der Waals surface area contributed by atoms with Crippen molar-refractivity contribution in [3.05, 3.63) is 29.5 Å². The van der Waals surface area contributed by atoms with Crippen molar-refractivity contribution >= 4 is 5.65 Å². The fraction of sp³-hybridized carbons (Fsp3) is 0.500. The van der Waals surface area contributed by atoms with Crippen LogP contribution in [0.1, 0.15) is 43.8 Å². The summed E-state index contributed by atoms with van der Waals surface area (Å²) in [6, 6.07) is 2.03. The Morgan fingerprint density at radius 2 is 2.13 bits per heavy atom. The van der Waals surface area contributed by atoms with Gasteiger partial charge in [0.25, 0.3) is 0 Å². The minimum absolute atomic E-state index is 0.472. The average molecular weight is 203 g/mol. The molecule has 0 aliphatic heterocycles. The minimum atomic E-state index is 0.472. The van der Waals surface area contributed by atoms with Gasteiger partial charge in [0.2, 0.25) is 0 Å². The highest BCUT2D eigenvalue weighted by Gasteiger charge is 2.13. The van der Waals surface area contributed by atoms with Crippen molar-refractivity contribution in [1.82, 2.24) is 14.4 Å². The quantitative estimate of drug-likeness (QED) is 0.751. The second-order valence-corrected chi connectivity index (χ2v) is 4.21. The third-order valence-corrected chi connectivity index (χ3v) is 2.66. The summed E-state index contributed by atoms with van der Waals surface area (Å²) in [6.07, 6.45) is 2.88. The molecule has 0 saturated carbocycles. The van der Waals surface area contributed by atoms with Crippen LogP contribution >= 0.6 is 0 Å². The Balaban J connectivity index is 2.73. The van der Waals surface area contributed by atoms with Crippen LogP contribution in [0.3, 0.4) is 0 Å². The summed E-state index contributed by atoms with van der Waals surface area (Å²) in [5, 5.41) is 0. The fourth-order valence-corrected chi connectivity index (χ4v) is 1.92. The van der Waals surface area contributed by atoms with Crippen molar-refractivity contribution < 1.29 is 0 Å². The van der Waals surface area contributed by atoms with Crippen LogP contribution in [-0.4, -0.2) is 14.4 Å². The number of rotatable bonds is 2. The molecule has 0 spiro atoms. The normalized spacial score (nSPS) is 11.5. The van der Waals surface area contributed by atoms with Crippen LogP contribution in [0.5, 0.6) is 0 Å². The van der Waals surface area contributed by atoms with Gasteiger partial charge in [-0.2, -0.15) is 0 Å². The SMILES string of the molecule is CCc1c(C(C)C)nc2cc(C)ncn12. The van der Waals surface area contributed by atoms with Gasteiger partial charge in [0, 0.05) is 17.5 Å². The van der Waals surface area contributed by atoms with Crippen molar-refractivity contribution in [2.75, 3.05) is 0 Å². The maximum Gasteiger partial charge on any atom is 0.140 e. The number of hydrogen-bond acceptors (Lipinski definition) is 2. The molecule has 0 aliphatic rings. The molecule has 3 heteroatoms. The lowest BCUT2D eigenvalue weighted by Gasteiger charge is -2.03. The number of aryl methyl sites for hydroxylation is 2. The molecule has 2 aromatic heterocycles. The molecule has 0 saturated heterocycles. The van der Waals surface area contributed by atoms with Gasteiger partial charge in [-0.05, 0) is 19.3 Å². The average Bonchev–Trinajstić information content (AvgIpc) is 2.55. The molecule has 0 aromatic carbocycles. The maximum absolute atomic E-state index is 4.67. The molecule has 0 radical (unpaired) electrons. The Morgan fingerprint density at radius 3 is 2.73 bits per heavy atom. The molecule has 0 bridgehead atoms. The largest absolute Gasteiger partial charge is 0.287 e. The molecular formula is C12H17N3. The first-order valence-corrected chi connectivity index (χ1v) is 5.47. The lowest BCUT2D eigenvalue weighted by atomic mass is 10.1. The zero-order chi connectivity index (χ0) is 11.0. The molecule has 0 aliphatic carbocycles. The molecule has 0 N–H and O–H groups in total. The summed E-state index contributed by atoms with van der Waals surface area (Å²) < 4.78 is 2.10. The molecule has 2 aromatic rings. The van der Waals surface area contributed by atoms with Crippen molar-refractivity contribution in [3.8, 4) is 0 Å². The second kappa shape index (κ2) is 3.65. The predicted octanol–water partition coefficient (Wildman–Crippen LogP) is 2.72. The molecule has 0 amide bonds. The first kappa shape index (κ1) is 10.1. The highest BCUT2D eigenvalue weighted by Crippen LogP contribution is 2.20. The molecule has 15 heavy (non-hydrogen) atoms. The molecule has 2 rings (SSSR count). The van der Waals surface area contributed by atoms with Crippen LogP contribution < -0.4 is 0 Å². The van der Waals surface area contributed by atoms with E-state index in [1.807, 2.05) is 19.3 Å². The Labute approximate surface area is 90.2 Å². The number of hydrogen-bond donors (Lipinski definition) is 0. The monoisotopic (exact) mass is 203 g/mol. The highest BCUT2D eigenvalue weighted by molar-refractivity contribution is 5.44. The number of imidazole rings is 1. The fourth-order valence-electron chi connectivity index (χ4n) is 1.92. The highest BCUT2D eigenvalue weighted by atomic mass is 15.1. The summed E-state index contributed by atoms with van der Waals surface area (Å²) in [5.74, 6) is 0.472. The van der Waals surface area contributed by atoms with Gasteiger partial charge in [-0.3, -0.25) is 4.40 Å². The van der Waals surface area contributed by atoms with E-state index in [0.29, 0.717) is 5.92 Å². The Kier molecular flexibility index (Phi) is 2.47. The number of fused-ring (bicyclic) bond motifs is 1. The van der Waals surface area contributed by atoms with Crippen LogP contribution in [0, 0.1) is 6.92 Å². The van der Waals surface area contributed by atoms with Gasteiger partial charge in [0.05, 0.1) is 5.69 Å². The number of nitrogens with zero attached hydrogens (tertiary/aromatic N) is 3. The van der Waals surface area contributed by atoms with Gasteiger partial charge in [0.1, 0.15) is 12.0 Å². The zero-order valence-electron chi connectivity index (χ0n) is 9.78. The summed E-state index contributed by atoms with van der Waals surface area (Å²) in [5.41, 5.74) is 4.52. The van der Waals surface area contributed by atoms with E-state index in [2.05, 4.69) is 35.1 Å². The van der Waals surface area contributed by atoms with Crippen molar-refractivity contribution in [2.24, 2.45) is 0 Å². The van der Waals surface area contributed by atoms with Crippen LogP contribution in [0.2, 0.25) is 0 Å². The van der Waals surface area contributed by atoms with E-state index in [9.17, 15) is 0 Å². The Morgan fingerprint density at radius 1 is 1.40 bits per heavy atom. The number of aromatic nitrogens is 3. The Hall–Kier alpha value is -1.38. The molecule has 2 heterocycles. The molecule has 0 atom stereocenters. The van der Waals surface area contributed by atoms with E-state index < -0.39 is 0 Å². The molecule has 0 fully saturated rings. The van der Waals surface area contributed by atoms with Crippen LogP contribution in [-0.2, 0) is 6.42 Å². The minimum Gasteiger partial charge on any atom is -0.287 e. The van der Waals surface area contributed by atoms with E-state index in [4.69, 9.17) is 0 Å². The second-order valence-electron chi connectivity index (χ2n) is 4.21. The first-order valence-electron chi connectivity index (χ1n) is 5.47. The van der Waals surface area contributed by atoms with Crippen molar-refractivity contribution in [3.63, 3.8) is 0 Å². The summed E-state index contributed by atoms with van der Waals surface area (Å²) in [4.78, 5) is 8.98. The summed E-state index contributed by atoms with van der Waals surface area (Å²) in [6.45, 7) is 8.52. The van der Waals surface area contributed by atoms with Gasteiger partial charge in [-0.1, -0.05) is 20.8 Å². The lowest BCUT2D eigenvalue weighted by Crippen LogP contribution is -1.97. The van der Waals surface area contributed by atoms with Crippen molar-refractivity contribution in [1.29, 1.82) is 0 Å². The standard InChI is InChI=1S/C12H17N3/c1-5-10-12(8(2)3)14-11-6-9(4)13-7-15(10)11/h6-8H,5H2,1-4H3. The van der Waals surface area contributed by atoms with Crippen molar-refractivity contribution in [2.45, 2.75) is 40.0 Å². The van der Waals surface area contributed by atoms with E-state index in [-0.39, 0.29) is 0 Å². The third-order valence-electron chi connectivity index (χ3n) is 2.66. The topological polar surface area (TPSA) is 30.2 Å². The summed E-state index contributed by atoms with van der Waals surface area (Å²) >= 11 is 0. The molecule has 3 nitrogen and oxygen atoms in total. The third kappa shape index (κ3) is 1.62. The molecule has 0 unspecified atom stereocenters. The first-order chi connectivity index (χ1) is 7.13. The van der Waals surface area contributed by atoms with Crippen LogP contribution in [0.25, 0.3) is 5.65 Å². The van der Waals surface area contributed by atoms with E-state index >= 15 is 0 Å². The van der Waals surface area contributed by atoms with Crippen LogP contribution in [0.4, 0.5) is 0 Å². The van der Waals surface area contributed by atoms with Gasteiger partial charge < -0.3 is 0 Å². The molecule has 80 valence electrons. The Bertz CT molecular complexity index is 483. The van der Waals surface area contributed by atoms with Gasteiger partial charge in [0.15, 0.2) is 0 Å². The van der Waals surface area contributed by atoms with Gasteiger partial charge in [-0.15, -0.1) is 0 Å². The van der Waals surface area contributed by atoms with Gasteiger partial charge >= 0.3 is 0 Å². The van der Waals surface area contributed by atoms with Gasteiger partial charge in [-0.25, -0.2) is 9.97 Å². The zero-order valence-corrected chi connectivity index (χ0v) is 9.78. The summed E-state index contributed by atoms with van der Waals surface area (Å²) in [7, 11) is 0. The molecular weight excluding hydrogens is 186 g/mol. The van der Waals surface area contributed by atoms with Crippen LogP contribution in [0.15, 0.2) is 12.4 Å². The maximum atomic E-state index is 4.67. The van der Waals surface area contributed by atoms with E-state index in [0.717, 1.165) is 17.8 Å².